The summed E-state index contributed by atoms with van der Waals surface area (Å²) in [5.74, 6) is 0.0778. The molecule has 0 fully saturated rings. The second kappa shape index (κ2) is 7.10. The lowest BCUT2D eigenvalue weighted by molar-refractivity contribution is -0.113. The Balaban J connectivity index is 1.69. The first-order chi connectivity index (χ1) is 11.5. The number of benzene rings is 1. The van der Waals surface area contributed by atoms with Crippen molar-refractivity contribution in [2.24, 2.45) is 0 Å². The predicted molar refractivity (Wildman–Crippen MR) is 94.8 cm³/mol. The summed E-state index contributed by atoms with van der Waals surface area (Å²) < 4.78 is 1.66. The van der Waals surface area contributed by atoms with Crippen LogP contribution in [0.25, 0.3) is 5.69 Å². The van der Waals surface area contributed by atoms with Crippen LogP contribution in [-0.4, -0.2) is 36.9 Å². The Bertz CT molecular complexity index is 872. The zero-order valence-corrected chi connectivity index (χ0v) is 15.1. The summed E-state index contributed by atoms with van der Waals surface area (Å²) in [6.07, 6.45) is 0. The lowest BCUT2D eigenvalue weighted by atomic mass is 10.1. The third-order valence-corrected chi connectivity index (χ3v) is 5.03. The van der Waals surface area contributed by atoms with E-state index in [4.69, 9.17) is 0 Å². The Hall–Kier alpha value is -2.26. The topological polar surface area (TPSA) is 85.6 Å². The van der Waals surface area contributed by atoms with Gasteiger partial charge < -0.3 is 5.32 Å². The van der Waals surface area contributed by atoms with Gasteiger partial charge in [-0.25, -0.2) is 4.98 Å². The third kappa shape index (κ3) is 3.80. The number of aryl methyl sites for hydroxylation is 3. The summed E-state index contributed by atoms with van der Waals surface area (Å²) in [4.78, 5) is 16.3. The zero-order chi connectivity index (χ0) is 17.1. The fourth-order valence-electron chi connectivity index (χ4n) is 2.06. The van der Waals surface area contributed by atoms with Gasteiger partial charge in [0.1, 0.15) is 0 Å². The number of carbonyl (C=O) groups is 1. The number of tetrazole rings is 1. The SMILES string of the molecule is Cc1ccc(C)c(-n2nnnc2SCC(=O)Nc2nc(C)cs2)c1. The monoisotopic (exact) mass is 360 g/mol. The molecule has 0 atom stereocenters. The predicted octanol–water partition coefficient (Wildman–Crippen LogP) is 2.77. The standard InChI is InChI=1S/C15H16N6OS2/c1-9-4-5-10(2)12(6-9)21-15(18-19-20-21)24-8-13(22)17-14-16-11(3)7-23-14/h4-7H,8H2,1-3H3,(H,16,17,22). The molecule has 0 aliphatic rings. The first-order valence-corrected chi connectivity index (χ1v) is 9.10. The van der Waals surface area contributed by atoms with Crippen molar-refractivity contribution in [2.75, 3.05) is 11.1 Å². The molecule has 3 rings (SSSR count). The molecular weight excluding hydrogens is 344 g/mol. The van der Waals surface area contributed by atoms with E-state index in [1.54, 1.807) is 4.68 Å². The van der Waals surface area contributed by atoms with Gasteiger partial charge in [0.15, 0.2) is 5.13 Å². The average molecular weight is 360 g/mol. The molecule has 0 spiro atoms. The van der Waals surface area contributed by atoms with Gasteiger partial charge in [0.25, 0.3) is 0 Å². The highest BCUT2D eigenvalue weighted by Gasteiger charge is 2.14. The van der Waals surface area contributed by atoms with E-state index in [1.165, 1.54) is 23.1 Å². The summed E-state index contributed by atoms with van der Waals surface area (Å²) in [5.41, 5.74) is 4.00. The number of nitrogens with zero attached hydrogens (tertiary/aromatic N) is 5. The van der Waals surface area contributed by atoms with Gasteiger partial charge in [0.05, 0.1) is 17.1 Å². The van der Waals surface area contributed by atoms with Crippen LogP contribution in [0.2, 0.25) is 0 Å². The number of nitrogens with one attached hydrogen (secondary N) is 1. The molecule has 24 heavy (non-hydrogen) atoms. The van der Waals surface area contributed by atoms with Crippen molar-refractivity contribution in [2.45, 2.75) is 25.9 Å². The number of amides is 1. The lowest BCUT2D eigenvalue weighted by Gasteiger charge is -2.08. The fraction of sp³-hybridized carbons (Fsp3) is 0.267. The second-order valence-corrected chi connectivity index (χ2v) is 7.09. The highest BCUT2D eigenvalue weighted by molar-refractivity contribution is 7.99. The van der Waals surface area contributed by atoms with E-state index < -0.39 is 0 Å². The minimum absolute atomic E-state index is 0.134. The molecule has 0 saturated carbocycles. The molecular formula is C15H16N6OS2. The van der Waals surface area contributed by atoms with Gasteiger partial charge in [-0.15, -0.1) is 16.4 Å². The average Bonchev–Trinajstić information content (AvgIpc) is 3.16. The molecule has 2 aromatic heterocycles. The maximum atomic E-state index is 12.0. The Labute approximate surface area is 147 Å². The summed E-state index contributed by atoms with van der Waals surface area (Å²) in [7, 11) is 0. The fourth-order valence-corrected chi connectivity index (χ4v) is 3.45. The number of hydrogen-bond donors (Lipinski definition) is 1. The van der Waals surface area contributed by atoms with E-state index in [2.05, 4.69) is 25.8 Å². The maximum absolute atomic E-state index is 12.0. The highest BCUT2D eigenvalue weighted by Crippen LogP contribution is 2.22. The molecule has 7 nitrogen and oxygen atoms in total. The number of thioether (sulfide) groups is 1. The van der Waals surface area contributed by atoms with Crippen LogP contribution in [0.15, 0.2) is 28.7 Å². The minimum Gasteiger partial charge on any atom is -0.301 e. The molecule has 124 valence electrons. The van der Waals surface area contributed by atoms with Gasteiger partial charge >= 0.3 is 0 Å². The summed E-state index contributed by atoms with van der Waals surface area (Å²) in [6, 6.07) is 6.09. The van der Waals surface area contributed by atoms with Crippen molar-refractivity contribution >= 4 is 34.1 Å². The number of anilines is 1. The van der Waals surface area contributed by atoms with Gasteiger partial charge in [-0.1, -0.05) is 23.9 Å². The number of rotatable bonds is 5. The van der Waals surface area contributed by atoms with Gasteiger partial charge in [-0.2, -0.15) is 4.68 Å². The molecule has 3 aromatic rings. The van der Waals surface area contributed by atoms with Crippen molar-refractivity contribution in [3.05, 3.63) is 40.4 Å². The molecule has 0 radical (unpaired) electrons. The Morgan fingerprint density at radius 3 is 2.92 bits per heavy atom. The van der Waals surface area contributed by atoms with Crippen molar-refractivity contribution in [1.82, 2.24) is 25.2 Å². The number of hydrogen-bond acceptors (Lipinski definition) is 7. The third-order valence-electron chi connectivity index (χ3n) is 3.23. The van der Waals surface area contributed by atoms with Gasteiger partial charge in [0, 0.05) is 5.38 Å². The molecule has 0 bridgehead atoms. The van der Waals surface area contributed by atoms with E-state index in [0.717, 1.165) is 22.5 Å². The van der Waals surface area contributed by atoms with Crippen molar-refractivity contribution in [1.29, 1.82) is 0 Å². The summed E-state index contributed by atoms with van der Waals surface area (Å²) in [5, 5.41) is 17.6. The molecule has 0 saturated heterocycles. The van der Waals surface area contributed by atoms with Gasteiger partial charge in [-0.3, -0.25) is 4.79 Å². The normalized spacial score (nSPS) is 10.8. The molecule has 2 heterocycles. The molecule has 0 aliphatic heterocycles. The van der Waals surface area contributed by atoms with Crippen LogP contribution in [0.4, 0.5) is 5.13 Å². The van der Waals surface area contributed by atoms with Crippen LogP contribution >= 0.6 is 23.1 Å². The number of aromatic nitrogens is 5. The Morgan fingerprint density at radius 1 is 1.33 bits per heavy atom. The van der Waals surface area contributed by atoms with Gasteiger partial charge in [0.2, 0.25) is 11.1 Å². The smallest absolute Gasteiger partial charge is 0.236 e. The quantitative estimate of drug-likeness (QED) is 0.704. The molecule has 1 N–H and O–H groups in total. The van der Waals surface area contributed by atoms with Crippen molar-refractivity contribution in [3.63, 3.8) is 0 Å². The van der Waals surface area contributed by atoms with Crippen LogP contribution in [0.3, 0.4) is 0 Å². The van der Waals surface area contributed by atoms with E-state index in [1.807, 2.05) is 44.4 Å². The van der Waals surface area contributed by atoms with E-state index in [0.29, 0.717) is 10.3 Å². The summed E-state index contributed by atoms with van der Waals surface area (Å²) >= 11 is 2.70. The first kappa shape index (κ1) is 16.6. The molecule has 1 amide bonds. The van der Waals surface area contributed by atoms with Crippen LogP contribution in [0.5, 0.6) is 0 Å². The Kier molecular flexibility index (Phi) is 4.91. The summed E-state index contributed by atoms with van der Waals surface area (Å²) in [6.45, 7) is 5.91. The van der Waals surface area contributed by atoms with Gasteiger partial charge in [-0.05, 0) is 48.4 Å². The highest BCUT2D eigenvalue weighted by atomic mass is 32.2. The molecule has 0 unspecified atom stereocenters. The first-order valence-electron chi connectivity index (χ1n) is 7.24. The van der Waals surface area contributed by atoms with E-state index in [-0.39, 0.29) is 11.7 Å². The zero-order valence-electron chi connectivity index (χ0n) is 13.5. The minimum atomic E-state index is -0.134. The number of carbonyl (C=O) groups excluding carboxylic acids is 1. The molecule has 1 aromatic carbocycles. The van der Waals surface area contributed by atoms with Crippen molar-refractivity contribution in [3.8, 4) is 5.69 Å². The Morgan fingerprint density at radius 2 is 2.17 bits per heavy atom. The lowest BCUT2D eigenvalue weighted by Crippen LogP contribution is -2.14. The number of thiazole rings is 1. The second-order valence-electron chi connectivity index (χ2n) is 5.29. The van der Waals surface area contributed by atoms with E-state index in [9.17, 15) is 4.79 Å². The van der Waals surface area contributed by atoms with E-state index >= 15 is 0 Å². The van der Waals surface area contributed by atoms with Crippen LogP contribution in [0, 0.1) is 20.8 Å². The van der Waals surface area contributed by atoms with Crippen LogP contribution in [-0.2, 0) is 4.79 Å². The maximum Gasteiger partial charge on any atom is 0.236 e. The largest absolute Gasteiger partial charge is 0.301 e. The molecule has 9 heteroatoms. The van der Waals surface area contributed by atoms with Crippen molar-refractivity contribution < 1.29 is 4.79 Å². The molecule has 0 aliphatic carbocycles. The van der Waals surface area contributed by atoms with Crippen LogP contribution < -0.4 is 5.32 Å². The van der Waals surface area contributed by atoms with Crippen LogP contribution in [0.1, 0.15) is 16.8 Å².